The summed E-state index contributed by atoms with van der Waals surface area (Å²) in [4.78, 5) is 20.7. The molecule has 0 fully saturated rings. The first-order valence-electron chi connectivity index (χ1n) is 6.18. The van der Waals surface area contributed by atoms with Crippen LogP contribution in [0.25, 0.3) is 0 Å². The van der Waals surface area contributed by atoms with Gasteiger partial charge in [0.25, 0.3) is 5.69 Å². The fourth-order valence-corrected chi connectivity index (χ4v) is 3.31. The van der Waals surface area contributed by atoms with Crippen molar-refractivity contribution in [3.05, 3.63) is 58.6 Å². The van der Waals surface area contributed by atoms with E-state index in [-0.39, 0.29) is 15.7 Å². The van der Waals surface area contributed by atoms with Crippen molar-refractivity contribution in [2.75, 3.05) is 5.32 Å². The Bertz CT molecular complexity index is 829. The molecule has 2 aromatic rings. The van der Waals surface area contributed by atoms with Crippen molar-refractivity contribution in [2.45, 2.75) is 16.7 Å². The number of nitro groups is 1. The number of benzene rings is 2. The Morgan fingerprint density at radius 1 is 1.09 bits per heavy atom. The molecule has 8 heteroatoms. The maximum absolute atomic E-state index is 12.5. The molecule has 22 heavy (non-hydrogen) atoms. The molecule has 0 aliphatic heterocycles. The van der Waals surface area contributed by atoms with E-state index in [2.05, 4.69) is 5.32 Å². The number of hydrogen-bond acceptors (Lipinski definition) is 5. The Hall–Kier alpha value is -2.74. The average Bonchev–Trinajstić information content (AvgIpc) is 2.47. The zero-order chi connectivity index (χ0) is 16.3. The molecule has 114 valence electrons. The number of nitrogens with zero attached hydrogens (tertiary/aromatic N) is 1. The van der Waals surface area contributed by atoms with Crippen LogP contribution in [0.4, 0.5) is 11.4 Å². The lowest BCUT2D eigenvalue weighted by atomic mass is 10.3. The average molecular weight is 320 g/mol. The van der Waals surface area contributed by atoms with Gasteiger partial charge >= 0.3 is 0 Å². The highest BCUT2D eigenvalue weighted by Crippen LogP contribution is 2.29. The molecule has 0 unspecified atom stereocenters. The second kappa shape index (κ2) is 5.94. The number of amides is 1. The molecule has 0 spiro atoms. The minimum Gasteiger partial charge on any atom is -0.326 e. The fraction of sp³-hybridized carbons (Fsp3) is 0.0714. The summed E-state index contributed by atoms with van der Waals surface area (Å²) in [6.07, 6.45) is 0. The van der Waals surface area contributed by atoms with Crippen LogP contribution in [0.5, 0.6) is 0 Å². The normalized spacial score (nSPS) is 11.0. The molecule has 7 nitrogen and oxygen atoms in total. The minimum absolute atomic E-state index is 0.0871. The fourth-order valence-electron chi connectivity index (χ4n) is 1.88. The second-order valence-corrected chi connectivity index (χ2v) is 6.35. The van der Waals surface area contributed by atoms with Crippen LogP contribution >= 0.6 is 0 Å². The first-order chi connectivity index (χ1) is 10.3. The first-order valence-corrected chi connectivity index (χ1v) is 7.67. The summed E-state index contributed by atoms with van der Waals surface area (Å²) in [5, 5.41) is 13.5. The Morgan fingerprint density at radius 2 is 1.68 bits per heavy atom. The van der Waals surface area contributed by atoms with Crippen molar-refractivity contribution >= 4 is 27.1 Å². The number of rotatable bonds is 4. The Balaban J connectivity index is 2.47. The highest BCUT2D eigenvalue weighted by atomic mass is 32.2. The maximum atomic E-state index is 12.5. The molecule has 0 radical (unpaired) electrons. The summed E-state index contributed by atoms with van der Waals surface area (Å²) in [6.45, 7) is 1.33. The molecule has 2 aromatic carbocycles. The van der Waals surface area contributed by atoms with Gasteiger partial charge in [0.15, 0.2) is 0 Å². The number of nitro benzene ring substituents is 1. The molecule has 2 rings (SSSR count). The third-order valence-corrected chi connectivity index (χ3v) is 4.65. The van der Waals surface area contributed by atoms with Gasteiger partial charge in [0.2, 0.25) is 15.7 Å². The molecular weight excluding hydrogens is 308 g/mol. The summed E-state index contributed by atoms with van der Waals surface area (Å²) in [5.74, 6) is -0.283. The van der Waals surface area contributed by atoms with Crippen LogP contribution in [0.1, 0.15) is 6.92 Å². The van der Waals surface area contributed by atoms with Crippen molar-refractivity contribution in [1.82, 2.24) is 0 Å². The Labute approximate surface area is 126 Å². The topological polar surface area (TPSA) is 106 Å². The number of anilines is 1. The van der Waals surface area contributed by atoms with Crippen LogP contribution in [-0.4, -0.2) is 19.2 Å². The number of para-hydroxylation sites is 1. The highest BCUT2D eigenvalue weighted by Gasteiger charge is 2.26. The Kier molecular flexibility index (Phi) is 4.22. The summed E-state index contributed by atoms with van der Waals surface area (Å²) >= 11 is 0. The van der Waals surface area contributed by atoms with Crippen molar-refractivity contribution < 1.29 is 18.1 Å². The smallest absolute Gasteiger partial charge is 0.288 e. The molecule has 0 aliphatic rings. The van der Waals surface area contributed by atoms with Crippen LogP contribution in [-0.2, 0) is 14.6 Å². The molecule has 1 N–H and O–H groups in total. The van der Waals surface area contributed by atoms with E-state index in [0.29, 0.717) is 5.69 Å². The van der Waals surface area contributed by atoms with Crippen molar-refractivity contribution in [3.8, 4) is 0 Å². The molecular formula is C14H12N2O5S. The molecule has 0 saturated heterocycles. The van der Waals surface area contributed by atoms with Gasteiger partial charge in [0, 0.05) is 18.7 Å². The van der Waals surface area contributed by atoms with E-state index in [0.717, 1.165) is 6.07 Å². The van der Waals surface area contributed by atoms with E-state index in [4.69, 9.17) is 0 Å². The van der Waals surface area contributed by atoms with E-state index in [1.165, 1.54) is 49.4 Å². The van der Waals surface area contributed by atoms with Crippen molar-refractivity contribution in [2.24, 2.45) is 0 Å². The zero-order valence-electron chi connectivity index (χ0n) is 11.5. The van der Waals surface area contributed by atoms with Crippen molar-refractivity contribution in [1.29, 1.82) is 0 Å². The summed E-state index contributed by atoms with van der Waals surface area (Å²) in [6, 6.07) is 10.6. The van der Waals surface area contributed by atoms with E-state index >= 15 is 0 Å². The largest absolute Gasteiger partial charge is 0.326 e. The van der Waals surface area contributed by atoms with Gasteiger partial charge in [0.05, 0.1) is 9.82 Å². The monoisotopic (exact) mass is 320 g/mol. The SMILES string of the molecule is CC(=O)Nc1ccc(S(=O)(=O)c2ccccc2[N+](=O)[O-])cc1. The van der Waals surface area contributed by atoms with Gasteiger partial charge in [-0.3, -0.25) is 14.9 Å². The van der Waals surface area contributed by atoms with Crippen LogP contribution in [0.15, 0.2) is 58.3 Å². The van der Waals surface area contributed by atoms with E-state index < -0.39 is 20.4 Å². The lowest BCUT2D eigenvalue weighted by molar-refractivity contribution is -0.387. The molecule has 0 heterocycles. The van der Waals surface area contributed by atoms with Gasteiger partial charge in [-0.2, -0.15) is 0 Å². The summed E-state index contributed by atoms with van der Waals surface area (Å²) in [5.41, 5.74) is -0.0394. The molecule has 0 aliphatic carbocycles. The van der Waals surface area contributed by atoms with E-state index in [1.54, 1.807) is 0 Å². The van der Waals surface area contributed by atoms with Crippen LogP contribution in [0, 0.1) is 10.1 Å². The van der Waals surface area contributed by atoms with Crippen molar-refractivity contribution in [3.63, 3.8) is 0 Å². The molecule has 0 bridgehead atoms. The van der Waals surface area contributed by atoms with Crippen LogP contribution in [0.2, 0.25) is 0 Å². The van der Waals surface area contributed by atoms with Gasteiger partial charge in [-0.15, -0.1) is 0 Å². The van der Waals surface area contributed by atoms with Gasteiger partial charge in [0.1, 0.15) is 4.90 Å². The first kappa shape index (κ1) is 15.6. The number of nitrogens with one attached hydrogen (secondary N) is 1. The number of carbonyl (C=O) groups is 1. The number of sulfone groups is 1. The zero-order valence-corrected chi connectivity index (χ0v) is 12.3. The van der Waals surface area contributed by atoms with Crippen LogP contribution < -0.4 is 5.32 Å². The molecule has 0 saturated carbocycles. The van der Waals surface area contributed by atoms with Crippen LogP contribution in [0.3, 0.4) is 0 Å². The quantitative estimate of drug-likeness (QED) is 0.687. The second-order valence-electron chi connectivity index (χ2n) is 4.43. The predicted octanol–water partition coefficient (Wildman–Crippen LogP) is 2.39. The van der Waals surface area contributed by atoms with Gasteiger partial charge in [-0.05, 0) is 30.3 Å². The van der Waals surface area contributed by atoms with E-state index in [9.17, 15) is 23.3 Å². The molecule has 0 atom stereocenters. The summed E-state index contributed by atoms with van der Waals surface area (Å²) in [7, 11) is -4.01. The minimum atomic E-state index is -4.01. The lowest BCUT2D eigenvalue weighted by Crippen LogP contribution is -2.07. The van der Waals surface area contributed by atoms with Gasteiger partial charge in [-0.25, -0.2) is 8.42 Å². The standard InChI is InChI=1S/C14H12N2O5S/c1-10(17)15-11-6-8-12(9-7-11)22(20,21)14-5-3-2-4-13(14)16(18)19/h2-9H,1H3,(H,15,17). The highest BCUT2D eigenvalue weighted by molar-refractivity contribution is 7.91. The Morgan fingerprint density at radius 3 is 2.23 bits per heavy atom. The van der Waals surface area contributed by atoms with E-state index in [1.807, 2.05) is 0 Å². The molecule has 1 amide bonds. The molecule has 0 aromatic heterocycles. The predicted molar refractivity (Wildman–Crippen MR) is 79.3 cm³/mol. The number of hydrogen-bond donors (Lipinski definition) is 1. The maximum Gasteiger partial charge on any atom is 0.288 e. The third-order valence-electron chi connectivity index (χ3n) is 2.84. The van der Waals surface area contributed by atoms with Gasteiger partial charge in [-0.1, -0.05) is 12.1 Å². The lowest BCUT2D eigenvalue weighted by Gasteiger charge is -2.07. The third kappa shape index (κ3) is 3.12. The van der Waals surface area contributed by atoms with Gasteiger partial charge < -0.3 is 5.32 Å². The summed E-state index contributed by atoms with van der Waals surface area (Å²) < 4.78 is 25.0. The number of carbonyl (C=O) groups excluding carboxylic acids is 1.